The number of hydrogen-bond acceptors (Lipinski definition) is 4. The average Bonchev–Trinajstić information content (AvgIpc) is 2.53. The summed E-state index contributed by atoms with van der Waals surface area (Å²) in [5.74, 6) is 0.616. The molecule has 2 rings (SSSR count). The Morgan fingerprint density at radius 3 is 2.90 bits per heavy atom. The van der Waals surface area contributed by atoms with E-state index in [9.17, 15) is 0 Å². The van der Waals surface area contributed by atoms with E-state index in [0.717, 1.165) is 19.4 Å². The van der Waals surface area contributed by atoms with Crippen LogP contribution in [0.1, 0.15) is 42.7 Å². The summed E-state index contributed by atoms with van der Waals surface area (Å²) < 4.78 is 16.0. The molecule has 1 aliphatic heterocycles. The fraction of sp³-hybridized carbons (Fsp3) is 0.562. The average molecular weight is 294 g/mol. The summed E-state index contributed by atoms with van der Waals surface area (Å²) in [5, 5.41) is 0.629. The zero-order chi connectivity index (χ0) is 14.5. The summed E-state index contributed by atoms with van der Waals surface area (Å²) in [5.41, 5.74) is 2.54. The van der Waals surface area contributed by atoms with Crippen LogP contribution in [0, 0.1) is 0 Å². The molecule has 0 aliphatic carbocycles. The molecule has 1 heterocycles. The highest BCUT2D eigenvalue weighted by Gasteiger charge is 2.24. The lowest BCUT2D eigenvalue weighted by molar-refractivity contribution is -0.150. The highest BCUT2D eigenvalue weighted by Crippen LogP contribution is 2.32. The first-order chi connectivity index (χ1) is 9.65. The molecular weight excluding hydrogens is 272 g/mol. The molecule has 0 amide bonds. The maximum atomic E-state index is 5.55. The highest BCUT2D eigenvalue weighted by atomic mass is 32.1. The fourth-order valence-corrected chi connectivity index (χ4v) is 2.76. The van der Waals surface area contributed by atoms with Crippen LogP contribution < -0.4 is 0 Å². The molecule has 0 radical (unpaired) electrons. The van der Waals surface area contributed by atoms with E-state index in [-0.39, 0.29) is 12.2 Å². The van der Waals surface area contributed by atoms with Crippen molar-refractivity contribution in [2.45, 2.75) is 37.9 Å². The maximum Gasteiger partial charge on any atom is 0.166 e. The van der Waals surface area contributed by atoms with Gasteiger partial charge in [-0.05, 0) is 35.7 Å². The first kappa shape index (κ1) is 15.4. The van der Waals surface area contributed by atoms with Gasteiger partial charge in [0.2, 0.25) is 0 Å². The molecule has 0 N–H and O–H groups in total. The Morgan fingerprint density at radius 2 is 2.20 bits per heavy atom. The molecule has 0 aromatic heterocycles. The van der Waals surface area contributed by atoms with Crippen LogP contribution in [-0.4, -0.2) is 32.2 Å². The molecular formula is C16H22O3S. The van der Waals surface area contributed by atoms with Crippen LogP contribution in [0.4, 0.5) is 0 Å². The van der Waals surface area contributed by atoms with E-state index in [0.29, 0.717) is 11.0 Å². The molecule has 3 nitrogen and oxygen atoms in total. The molecule has 0 bridgehead atoms. The quantitative estimate of drug-likeness (QED) is 0.793. The number of methoxy groups -OCH3 is 2. The second kappa shape index (κ2) is 7.16. The number of rotatable bonds is 4. The van der Waals surface area contributed by atoms with Crippen molar-refractivity contribution in [3.63, 3.8) is 0 Å². The van der Waals surface area contributed by atoms with Gasteiger partial charge in [0.05, 0.1) is 13.7 Å². The van der Waals surface area contributed by atoms with Crippen molar-refractivity contribution in [3.05, 3.63) is 35.4 Å². The van der Waals surface area contributed by atoms with Gasteiger partial charge >= 0.3 is 0 Å². The smallest absolute Gasteiger partial charge is 0.166 e. The van der Waals surface area contributed by atoms with E-state index in [1.165, 1.54) is 11.1 Å². The maximum absolute atomic E-state index is 5.55. The van der Waals surface area contributed by atoms with Gasteiger partial charge in [0.25, 0.3) is 0 Å². The molecule has 1 aromatic rings. The Kier molecular flexibility index (Phi) is 5.52. The van der Waals surface area contributed by atoms with Crippen LogP contribution in [0.2, 0.25) is 0 Å². The summed E-state index contributed by atoms with van der Waals surface area (Å²) in [6.45, 7) is 2.83. The van der Waals surface area contributed by atoms with Gasteiger partial charge in [-0.25, -0.2) is 0 Å². The number of thiocarbonyl (C=S) groups is 1. The van der Waals surface area contributed by atoms with Crippen molar-refractivity contribution in [3.8, 4) is 0 Å². The van der Waals surface area contributed by atoms with Crippen LogP contribution in [0.25, 0.3) is 0 Å². The normalized spacial score (nSPS) is 24.1. The molecule has 1 saturated heterocycles. The van der Waals surface area contributed by atoms with Crippen molar-refractivity contribution in [2.75, 3.05) is 20.8 Å². The van der Waals surface area contributed by atoms with E-state index in [1.54, 1.807) is 14.2 Å². The Morgan fingerprint density at radius 1 is 1.40 bits per heavy atom. The number of benzene rings is 1. The van der Waals surface area contributed by atoms with Gasteiger partial charge in [-0.3, -0.25) is 0 Å². The lowest BCUT2D eigenvalue weighted by atomic mass is 9.88. The van der Waals surface area contributed by atoms with E-state index in [1.807, 2.05) is 0 Å². The van der Waals surface area contributed by atoms with Crippen molar-refractivity contribution in [1.29, 1.82) is 0 Å². The van der Waals surface area contributed by atoms with Crippen molar-refractivity contribution in [2.24, 2.45) is 0 Å². The SMILES string of the molecule is COC(=S)C(C)c1cccc(C2CCOC(OC)C2)c1. The van der Waals surface area contributed by atoms with Crippen molar-refractivity contribution >= 4 is 17.3 Å². The molecule has 0 spiro atoms. The van der Waals surface area contributed by atoms with Crippen LogP contribution >= 0.6 is 12.2 Å². The van der Waals surface area contributed by atoms with Crippen LogP contribution in [-0.2, 0) is 14.2 Å². The fourth-order valence-electron chi connectivity index (χ4n) is 2.62. The zero-order valence-electron chi connectivity index (χ0n) is 12.3. The summed E-state index contributed by atoms with van der Waals surface area (Å²) in [6.07, 6.45) is 1.85. The van der Waals surface area contributed by atoms with Crippen molar-refractivity contribution < 1.29 is 14.2 Å². The molecule has 0 saturated carbocycles. The highest BCUT2D eigenvalue weighted by molar-refractivity contribution is 7.80. The summed E-state index contributed by atoms with van der Waals surface area (Å²) in [6, 6.07) is 8.61. The molecule has 1 aromatic carbocycles. The van der Waals surface area contributed by atoms with Crippen molar-refractivity contribution in [1.82, 2.24) is 0 Å². The lowest BCUT2D eigenvalue weighted by Gasteiger charge is -2.29. The van der Waals surface area contributed by atoms with E-state index in [2.05, 4.69) is 31.2 Å². The summed E-state index contributed by atoms with van der Waals surface area (Å²) in [4.78, 5) is 0. The summed E-state index contributed by atoms with van der Waals surface area (Å²) in [7, 11) is 3.33. The van der Waals surface area contributed by atoms with Gasteiger partial charge in [-0.2, -0.15) is 0 Å². The largest absolute Gasteiger partial charge is 0.490 e. The third-order valence-electron chi connectivity index (χ3n) is 3.95. The standard InChI is InChI=1S/C16H22O3S/c1-11(16(20)18-3)12-5-4-6-13(9-12)14-7-8-19-15(10-14)17-2/h4-6,9,11,14-15H,7-8,10H2,1-3H3. The minimum atomic E-state index is -0.0881. The first-order valence-corrected chi connectivity index (χ1v) is 7.38. The third kappa shape index (κ3) is 3.57. The second-order valence-corrected chi connectivity index (χ2v) is 5.57. The topological polar surface area (TPSA) is 27.7 Å². The first-order valence-electron chi connectivity index (χ1n) is 6.97. The van der Waals surface area contributed by atoms with Gasteiger partial charge in [0.1, 0.15) is 0 Å². The van der Waals surface area contributed by atoms with Gasteiger partial charge in [0.15, 0.2) is 11.3 Å². The Labute approximate surface area is 126 Å². The zero-order valence-corrected chi connectivity index (χ0v) is 13.1. The lowest BCUT2D eigenvalue weighted by Crippen LogP contribution is -2.26. The monoisotopic (exact) mass is 294 g/mol. The predicted molar refractivity (Wildman–Crippen MR) is 83.2 cm³/mol. The Hall–Kier alpha value is -0.970. The molecule has 3 unspecified atom stereocenters. The summed E-state index contributed by atoms with van der Waals surface area (Å²) >= 11 is 5.23. The third-order valence-corrected chi connectivity index (χ3v) is 4.47. The molecule has 1 aliphatic rings. The second-order valence-electron chi connectivity index (χ2n) is 5.17. The predicted octanol–water partition coefficient (Wildman–Crippen LogP) is 3.63. The minimum Gasteiger partial charge on any atom is -0.490 e. The molecule has 110 valence electrons. The van der Waals surface area contributed by atoms with Crippen LogP contribution in [0.3, 0.4) is 0 Å². The molecule has 1 fully saturated rings. The molecule has 3 atom stereocenters. The Bertz CT molecular complexity index is 461. The van der Waals surface area contributed by atoms with E-state index >= 15 is 0 Å². The molecule has 4 heteroatoms. The van der Waals surface area contributed by atoms with Gasteiger partial charge in [-0.15, -0.1) is 0 Å². The van der Waals surface area contributed by atoms with Gasteiger partial charge < -0.3 is 14.2 Å². The van der Waals surface area contributed by atoms with E-state index in [4.69, 9.17) is 26.4 Å². The Balaban J connectivity index is 2.15. The van der Waals surface area contributed by atoms with Crippen LogP contribution in [0.5, 0.6) is 0 Å². The molecule has 20 heavy (non-hydrogen) atoms. The van der Waals surface area contributed by atoms with Gasteiger partial charge in [0, 0.05) is 19.4 Å². The van der Waals surface area contributed by atoms with E-state index < -0.39 is 0 Å². The van der Waals surface area contributed by atoms with Gasteiger partial charge in [-0.1, -0.05) is 31.2 Å². The van der Waals surface area contributed by atoms with Crippen LogP contribution in [0.15, 0.2) is 24.3 Å². The number of ether oxygens (including phenoxy) is 3. The number of hydrogen-bond donors (Lipinski definition) is 0. The minimum absolute atomic E-state index is 0.0881.